The van der Waals surface area contributed by atoms with Crippen LogP contribution >= 0.6 is 0 Å². The van der Waals surface area contributed by atoms with Crippen LogP contribution in [0.3, 0.4) is 0 Å². The number of hydrogen-bond donors (Lipinski definition) is 2. The number of rotatable bonds is 4. The SMILES string of the molecule is CNC(=O)c1ccc(NC2CCCOC2)c([N+](=O)[O-])c1. The second-order valence-corrected chi connectivity index (χ2v) is 4.63. The van der Waals surface area contributed by atoms with E-state index < -0.39 is 4.92 Å². The van der Waals surface area contributed by atoms with Crippen molar-refractivity contribution in [1.82, 2.24) is 5.32 Å². The van der Waals surface area contributed by atoms with E-state index in [4.69, 9.17) is 4.74 Å². The molecule has 0 spiro atoms. The standard InChI is InChI=1S/C13H17N3O4/c1-14-13(17)9-4-5-11(12(7-9)16(18)19)15-10-3-2-6-20-8-10/h4-5,7,10,15H,2-3,6,8H2,1H3,(H,14,17). The van der Waals surface area contributed by atoms with Crippen LogP contribution in [0.4, 0.5) is 11.4 Å². The van der Waals surface area contributed by atoms with Gasteiger partial charge in [0.15, 0.2) is 0 Å². The summed E-state index contributed by atoms with van der Waals surface area (Å²) in [6, 6.07) is 4.48. The number of hydrogen-bond acceptors (Lipinski definition) is 5. The molecule has 1 aliphatic heterocycles. The molecule has 7 nitrogen and oxygen atoms in total. The average Bonchev–Trinajstić information content (AvgIpc) is 2.47. The Balaban J connectivity index is 2.23. The minimum Gasteiger partial charge on any atom is -0.379 e. The molecule has 0 aromatic heterocycles. The Kier molecular flexibility index (Phi) is 4.52. The Bertz CT molecular complexity index is 512. The van der Waals surface area contributed by atoms with Gasteiger partial charge in [0.2, 0.25) is 0 Å². The minimum absolute atomic E-state index is 0.0632. The molecule has 1 unspecified atom stereocenters. The van der Waals surface area contributed by atoms with Crippen LogP contribution < -0.4 is 10.6 Å². The molecule has 2 N–H and O–H groups in total. The zero-order chi connectivity index (χ0) is 14.5. The summed E-state index contributed by atoms with van der Waals surface area (Å²) in [5.41, 5.74) is 0.583. The molecule has 1 saturated heterocycles. The number of nitro groups is 1. The molecular weight excluding hydrogens is 262 g/mol. The summed E-state index contributed by atoms with van der Waals surface area (Å²) < 4.78 is 5.34. The predicted molar refractivity (Wildman–Crippen MR) is 74.0 cm³/mol. The molecule has 1 amide bonds. The van der Waals surface area contributed by atoms with E-state index in [1.54, 1.807) is 12.1 Å². The van der Waals surface area contributed by atoms with Crippen LogP contribution in [0.15, 0.2) is 18.2 Å². The highest BCUT2D eigenvalue weighted by Crippen LogP contribution is 2.27. The molecule has 1 fully saturated rings. The lowest BCUT2D eigenvalue weighted by Crippen LogP contribution is -2.30. The van der Waals surface area contributed by atoms with Crippen molar-refractivity contribution < 1.29 is 14.5 Å². The van der Waals surface area contributed by atoms with E-state index in [0.717, 1.165) is 19.4 Å². The number of carbonyl (C=O) groups excluding carboxylic acids is 1. The lowest BCUT2D eigenvalue weighted by atomic mass is 10.1. The third kappa shape index (κ3) is 3.24. The Hall–Kier alpha value is -2.15. The Morgan fingerprint density at radius 1 is 1.50 bits per heavy atom. The summed E-state index contributed by atoms with van der Waals surface area (Å²) in [4.78, 5) is 22.2. The maximum atomic E-state index is 11.5. The molecule has 0 bridgehead atoms. The van der Waals surface area contributed by atoms with E-state index in [0.29, 0.717) is 12.3 Å². The van der Waals surface area contributed by atoms with Gasteiger partial charge in [-0.1, -0.05) is 0 Å². The van der Waals surface area contributed by atoms with Gasteiger partial charge in [-0.3, -0.25) is 14.9 Å². The quantitative estimate of drug-likeness (QED) is 0.644. The predicted octanol–water partition coefficient (Wildman–Crippen LogP) is 1.55. The lowest BCUT2D eigenvalue weighted by Gasteiger charge is -2.24. The van der Waals surface area contributed by atoms with E-state index in [9.17, 15) is 14.9 Å². The lowest BCUT2D eigenvalue weighted by molar-refractivity contribution is -0.384. The average molecular weight is 279 g/mol. The van der Waals surface area contributed by atoms with Gasteiger partial charge in [-0.2, -0.15) is 0 Å². The van der Waals surface area contributed by atoms with Crippen molar-refractivity contribution in [1.29, 1.82) is 0 Å². The summed E-state index contributed by atoms with van der Waals surface area (Å²) in [6.45, 7) is 1.27. The number of nitro benzene ring substituents is 1. The molecule has 1 aromatic rings. The van der Waals surface area contributed by atoms with E-state index in [1.165, 1.54) is 13.1 Å². The van der Waals surface area contributed by atoms with Gasteiger partial charge in [-0.25, -0.2) is 0 Å². The Morgan fingerprint density at radius 3 is 2.90 bits per heavy atom. The molecular formula is C13H17N3O4. The highest BCUT2D eigenvalue weighted by atomic mass is 16.6. The largest absolute Gasteiger partial charge is 0.379 e. The summed E-state index contributed by atoms with van der Waals surface area (Å²) in [5, 5.41) is 16.7. The molecule has 108 valence electrons. The fourth-order valence-electron chi connectivity index (χ4n) is 2.16. The van der Waals surface area contributed by atoms with Gasteiger partial charge in [-0.15, -0.1) is 0 Å². The van der Waals surface area contributed by atoms with E-state index in [2.05, 4.69) is 10.6 Å². The first-order chi connectivity index (χ1) is 9.61. The molecule has 1 heterocycles. The zero-order valence-electron chi connectivity index (χ0n) is 11.2. The maximum absolute atomic E-state index is 11.5. The van der Waals surface area contributed by atoms with Crippen LogP contribution in [-0.4, -0.2) is 37.1 Å². The number of benzene rings is 1. The zero-order valence-corrected chi connectivity index (χ0v) is 11.2. The van der Waals surface area contributed by atoms with Crippen LogP contribution in [0.1, 0.15) is 23.2 Å². The third-order valence-electron chi connectivity index (χ3n) is 3.20. The van der Waals surface area contributed by atoms with E-state index >= 15 is 0 Å². The smallest absolute Gasteiger partial charge is 0.293 e. The van der Waals surface area contributed by atoms with Gasteiger partial charge in [0.1, 0.15) is 5.69 Å². The fraction of sp³-hybridized carbons (Fsp3) is 0.462. The molecule has 20 heavy (non-hydrogen) atoms. The number of carbonyl (C=O) groups is 1. The monoisotopic (exact) mass is 279 g/mol. The van der Waals surface area contributed by atoms with Crippen LogP contribution in [0.25, 0.3) is 0 Å². The summed E-state index contributed by atoms with van der Waals surface area (Å²) >= 11 is 0. The van der Waals surface area contributed by atoms with Gasteiger partial charge < -0.3 is 15.4 Å². The first-order valence-electron chi connectivity index (χ1n) is 6.46. The summed E-state index contributed by atoms with van der Waals surface area (Å²) in [7, 11) is 1.49. The van der Waals surface area contributed by atoms with Gasteiger partial charge in [0, 0.05) is 31.3 Å². The van der Waals surface area contributed by atoms with Gasteiger partial charge >= 0.3 is 0 Å². The third-order valence-corrected chi connectivity index (χ3v) is 3.20. The number of ether oxygens (including phenoxy) is 1. The molecule has 1 atom stereocenters. The van der Waals surface area contributed by atoms with Crippen molar-refractivity contribution in [3.63, 3.8) is 0 Å². The Labute approximate surface area is 116 Å². The summed E-state index contributed by atoms with van der Waals surface area (Å²) in [6.07, 6.45) is 1.84. The summed E-state index contributed by atoms with van der Waals surface area (Å²) in [5.74, 6) is -0.347. The molecule has 0 aliphatic carbocycles. The first-order valence-corrected chi connectivity index (χ1v) is 6.46. The van der Waals surface area contributed by atoms with Gasteiger partial charge in [-0.05, 0) is 25.0 Å². The second kappa shape index (κ2) is 6.33. The van der Waals surface area contributed by atoms with Crippen LogP contribution in [-0.2, 0) is 4.74 Å². The van der Waals surface area contributed by atoms with Gasteiger partial charge in [0.25, 0.3) is 11.6 Å². The highest BCUT2D eigenvalue weighted by molar-refractivity contribution is 5.95. The topological polar surface area (TPSA) is 93.5 Å². The number of amides is 1. The molecule has 2 rings (SSSR count). The molecule has 1 aliphatic rings. The van der Waals surface area contributed by atoms with Crippen molar-refractivity contribution in [2.75, 3.05) is 25.6 Å². The maximum Gasteiger partial charge on any atom is 0.293 e. The van der Waals surface area contributed by atoms with Crippen molar-refractivity contribution in [3.05, 3.63) is 33.9 Å². The van der Waals surface area contributed by atoms with Crippen LogP contribution in [0.5, 0.6) is 0 Å². The van der Waals surface area contributed by atoms with E-state index in [1.807, 2.05) is 0 Å². The van der Waals surface area contributed by atoms with Crippen LogP contribution in [0.2, 0.25) is 0 Å². The van der Waals surface area contributed by atoms with Crippen molar-refractivity contribution >= 4 is 17.3 Å². The molecule has 1 aromatic carbocycles. The Morgan fingerprint density at radius 2 is 2.30 bits per heavy atom. The highest BCUT2D eigenvalue weighted by Gasteiger charge is 2.21. The fourth-order valence-corrected chi connectivity index (χ4v) is 2.16. The van der Waals surface area contributed by atoms with Crippen molar-refractivity contribution in [2.24, 2.45) is 0 Å². The molecule has 0 radical (unpaired) electrons. The molecule has 7 heteroatoms. The van der Waals surface area contributed by atoms with E-state index in [-0.39, 0.29) is 23.2 Å². The minimum atomic E-state index is -0.488. The normalized spacial score (nSPS) is 18.4. The van der Waals surface area contributed by atoms with Crippen molar-refractivity contribution in [2.45, 2.75) is 18.9 Å². The van der Waals surface area contributed by atoms with Crippen LogP contribution in [0, 0.1) is 10.1 Å². The molecule has 0 saturated carbocycles. The number of nitrogens with one attached hydrogen (secondary N) is 2. The van der Waals surface area contributed by atoms with Crippen molar-refractivity contribution in [3.8, 4) is 0 Å². The number of anilines is 1. The number of nitrogens with zero attached hydrogens (tertiary/aromatic N) is 1. The second-order valence-electron chi connectivity index (χ2n) is 4.63. The first kappa shape index (κ1) is 14.3. The van der Waals surface area contributed by atoms with Gasteiger partial charge in [0.05, 0.1) is 11.5 Å².